The van der Waals surface area contributed by atoms with Gasteiger partial charge in [-0.2, -0.15) is 0 Å². The van der Waals surface area contributed by atoms with E-state index in [0.717, 1.165) is 25.1 Å². The molecule has 192 valence electrons. The van der Waals surface area contributed by atoms with Gasteiger partial charge in [0.1, 0.15) is 0 Å². The molecule has 0 unspecified atom stereocenters. The summed E-state index contributed by atoms with van der Waals surface area (Å²) in [6.07, 6.45) is 5.71. The van der Waals surface area contributed by atoms with Gasteiger partial charge in [-0.1, -0.05) is 53.5 Å². The number of nitrogens with zero attached hydrogens (tertiary/aromatic N) is 2. The van der Waals surface area contributed by atoms with E-state index in [-0.39, 0.29) is 29.4 Å². The molecule has 1 saturated heterocycles. The SMILES string of the molecule is C=C(F)C(=O)C(C)C.C=C1CCN(C(C)C)C1=O.C=CC(=O)C(C)C.CC(C)N1CC=CC1=O. The highest BCUT2D eigenvalue weighted by atomic mass is 19.1. The first-order valence-electron chi connectivity index (χ1n) is 11.6. The molecule has 6 nitrogen and oxygen atoms in total. The van der Waals surface area contributed by atoms with E-state index in [9.17, 15) is 23.6 Å². The molecule has 0 saturated carbocycles. The van der Waals surface area contributed by atoms with Crippen molar-refractivity contribution >= 4 is 23.4 Å². The van der Waals surface area contributed by atoms with Crippen LogP contribution in [0.15, 0.2) is 49.4 Å². The lowest BCUT2D eigenvalue weighted by Gasteiger charge is -2.19. The van der Waals surface area contributed by atoms with Crippen molar-refractivity contribution in [2.24, 2.45) is 11.8 Å². The molecule has 0 N–H and O–H groups in total. The first-order chi connectivity index (χ1) is 15.6. The number of halogens is 1. The molecule has 0 radical (unpaired) electrons. The van der Waals surface area contributed by atoms with E-state index in [1.165, 1.54) is 6.08 Å². The molecule has 7 heteroatoms. The Bertz CT molecular complexity index is 779. The fourth-order valence-electron chi connectivity index (χ4n) is 2.63. The van der Waals surface area contributed by atoms with Crippen molar-refractivity contribution in [1.82, 2.24) is 9.80 Å². The van der Waals surface area contributed by atoms with Crippen LogP contribution in [0.25, 0.3) is 0 Å². The number of Topliss-reactive ketones (excluding diaryl/α,β-unsaturated/α-hetero) is 1. The van der Waals surface area contributed by atoms with Gasteiger partial charge in [0.2, 0.25) is 11.8 Å². The number of likely N-dealkylation sites (tertiary alicyclic amines) is 1. The second kappa shape index (κ2) is 16.7. The number of rotatable bonds is 6. The monoisotopic (exact) mass is 478 g/mol. The lowest BCUT2D eigenvalue weighted by molar-refractivity contribution is -0.126. The third kappa shape index (κ3) is 13.0. The highest BCUT2D eigenvalue weighted by Crippen LogP contribution is 2.16. The standard InChI is InChI=1S/C8H13NO.C7H11NO.C6H9FO.C6H10O/c1-6(2)9-5-4-7(3)8(9)10;1-6(2)8-5-3-4-7(8)9;1-4(2)6(8)5(3)7;1-4-6(7)5(2)3/h6H,3-5H2,1-2H3;3-4,6H,5H2,1-2H3;4H,3H2,1-2H3;4-5H,1H2,2-3H3. The Labute approximate surface area is 205 Å². The molecule has 34 heavy (non-hydrogen) atoms. The van der Waals surface area contributed by atoms with E-state index < -0.39 is 11.6 Å². The van der Waals surface area contributed by atoms with Crippen LogP contribution in [0.5, 0.6) is 0 Å². The van der Waals surface area contributed by atoms with Gasteiger partial charge in [-0.3, -0.25) is 19.2 Å². The highest BCUT2D eigenvalue weighted by Gasteiger charge is 2.25. The number of ketones is 2. The maximum absolute atomic E-state index is 11.8. The Morgan fingerprint density at radius 1 is 0.971 bits per heavy atom. The van der Waals surface area contributed by atoms with Gasteiger partial charge < -0.3 is 9.80 Å². The Morgan fingerprint density at radius 3 is 1.59 bits per heavy atom. The molecular formula is C27H43FN2O4. The average Bonchev–Trinajstić information content (AvgIpc) is 3.33. The van der Waals surface area contributed by atoms with Crippen LogP contribution in [0.2, 0.25) is 0 Å². The van der Waals surface area contributed by atoms with Crippen molar-refractivity contribution in [1.29, 1.82) is 0 Å². The van der Waals surface area contributed by atoms with Crippen molar-refractivity contribution in [3.63, 3.8) is 0 Å². The minimum Gasteiger partial charge on any atom is -0.336 e. The Hall–Kier alpha value is -2.83. The number of hydrogen-bond acceptors (Lipinski definition) is 4. The van der Waals surface area contributed by atoms with Crippen LogP contribution >= 0.6 is 0 Å². The average molecular weight is 479 g/mol. The normalized spacial score (nSPS) is 14.6. The minimum atomic E-state index is -0.847. The van der Waals surface area contributed by atoms with Crippen LogP contribution in [0, 0.1) is 11.8 Å². The predicted octanol–water partition coefficient (Wildman–Crippen LogP) is 5.07. The first-order valence-corrected chi connectivity index (χ1v) is 11.6. The second-order valence-corrected chi connectivity index (χ2v) is 9.12. The van der Waals surface area contributed by atoms with E-state index in [1.54, 1.807) is 19.9 Å². The molecule has 0 atom stereocenters. The van der Waals surface area contributed by atoms with E-state index in [1.807, 2.05) is 57.4 Å². The number of hydrogen-bond donors (Lipinski definition) is 0. The largest absolute Gasteiger partial charge is 0.336 e. The molecule has 2 aliphatic heterocycles. The summed E-state index contributed by atoms with van der Waals surface area (Å²) in [5.41, 5.74) is 0.758. The molecule has 1 fully saturated rings. The molecule has 0 bridgehead atoms. The second-order valence-electron chi connectivity index (χ2n) is 9.12. The van der Waals surface area contributed by atoms with E-state index in [2.05, 4.69) is 19.7 Å². The number of carbonyl (C=O) groups excluding carboxylic acids is 4. The zero-order valence-electron chi connectivity index (χ0n) is 22.2. The molecule has 2 aliphatic rings. The summed E-state index contributed by atoms with van der Waals surface area (Å²) < 4.78 is 11.8. The van der Waals surface area contributed by atoms with Crippen molar-refractivity contribution in [2.45, 2.75) is 73.9 Å². The predicted molar refractivity (Wildman–Crippen MR) is 137 cm³/mol. The number of carbonyl (C=O) groups is 4. The van der Waals surface area contributed by atoms with Crippen LogP contribution in [0.4, 0.5) is 4.39 Å². The van der Waals surface area contributed by atoms with E-state index >= 15 is 0 Å². The molecule has 0 aliphatic carbocycles. The van der Waals surface area contributed by atoms with Gasteiger partial charge in [0, 0.05) is 48.7 Å². The molecule has 2 heterocycles. The zero-order chi connectivity index (χ0) is 27.2. The number of amides is 2. The molecule has 0 aromatic heterocycles. The summed E-state index contributed by atoms with van der Waals surface area (Å²) in [4.78, 5) is 46.5. The quantitative estimate of drug-likeness (QED) is 0.500. The van der Waals surface area contributed by atoms with Gasteiger partial charge in [0.05, 0.1) is 0 Å². The molecule has 0 spiro atoms. The first kappa shape index (κ1) is 33.3. The van der Waals surface area contributed by atoms with Gasteiger partial charge in [-0.05, 0) is 40.2 Å². The fourth-order valence-corrected chi connectivity index (χ4v) is 2.63. The summed E-state index contributed by atoms with van der Waals surface area (Å²) in [6, 6.07) is 0.666. The summed E-state index contributed by atoms with van der Waals surface area (Å²) >= 11 is 0. The summed E-state index contributed by atoms with van der Waals surface area (Å²) in [7, 11) is 0. The summed E-state index contributed by atoms with van der Waals surface area (Å²) in [6.45, 7) is 26.6. The van der Waals surface area contributed by atoms with Crippen LogP contribution in [-0.4, -0.2) is 58.4 Å². The molecule has 2 rings (SSSR count). The smallest absolute Gasteiger partial charge is 0.249 e. The zero-order valence-corrected chi connectivity index (χ0v) is 22.2. The topological polar surface area (TPSA) is 74.8 Å². The van der Waals surface area contributed by atoms with Gasteiger partial charge in [-0.15, -0.1) is 0 Å². The number of allylic oxidation sites excluding steroid dienone is 2. The van der Waals surface area contributed by atoms with Crippen molar-refractivity contribution in [3.05, 3.63) is 49.4 Å². The minimum absolute atomic E-state index is 0.109. The molecule has 0 aromatic rings. The van der Waals surface area contributed by atoms with Gasteiger partial charge in [0.25, 0.3) is 0 Å². The Morgan fingerprint density at radius 2 is 1.47 bits per heavy atom. The lowest BCUT2D eigenvalue weighted by Crippen LogP contribution is -2.32. The van der Waals surface area contributed by atoms with Crippen LogP contribution < -0.4 is 0 Å². The maximum Gasteiger partial charge on any atom is 0.249 e. The maximum atomic E-state index is 11.8. The Kier molecular flexibility index (Phi) is 16.4. The van der Waals surface area contributed by atoms with Crippen molar-refractivity contribution in [2.75, 3.05) is 13.1 Å². The van der Waals surface area contributed by atoms with Gasteiger partial charge in [-0.25, -0.2) is 4.39 Å². The molecule has 0 aromatic carbocycles. The van der Waals surface area contributed by atoms with E-state index in [4.69, 9.17) is 0 Å². The lowest BCUT2D eigenvalue weighted by atomic mass is 10.1. The van der Waals surface area contributed by atoms with Gasteiger partial charge >= 0.3 is 0 Å². The Balaban J connectivity index is 0. The van der Waals surface area contributed by atoms with Gasteiger partial charge in [0.15, 0.2) is 17.4 Å². The highest BCUT2D eigenvalue weighted by molar-refractivity contribution is 5.95. The summed E-state index contributed by atoms with van der Waals surface area (Å²) in [5.74, 6) is -1.13. The molecule has 2 amide bonds. The molecular weight excluding hydrogens is 435 g/mol. The van der Waals surface area contributed by atoms with Crippen molar-refractivity contribution < 1.29 is 23.6 Å². The fraction of sp³-hybridized carbons (Fsp3) is 0.556. The van der Waals surface area contributed by atoms with Crippen molar-refractivity contribution in [3.8, 4) is 0 Å². The summed E-state index contributed by atoms with van der Waals surface area (Å²) in [5, 5.41) is 0. The third-order valence-corrected chi connectivity index (χ3v) is 4.87. The van der Waals surface area contributed by atoms with Crippen LogP contribution in [0.1, 0.15) is 61.8 Å². The van der Waals surface area contributed by atoms with E-state index in [0.29, 0.717) is 12.1 Å². The van der Waals surface area contributed by atoms with Crippen LogP contribution in [-0.2, 0) is 19.2 Å². The third-order valence-electron chi connectivity index (χ3n) is 4.87. The van der Waals surface area contributed by atoms with Crippen LogP contribution in [0.3, 0.4) is 0 Å².